The molecule has 18 heavy (non-hydrogen) atoms. The molecule has 0 spiro atoms. The van der Waals surface area contributed by atoms with Gasteiger partial charge in [-0.1, -0.05) is 0 Å². The fourth-order valence-corrected chi connectivity index (χ4v) is 3.31. The summed E-state index contributed by atoms with van der Waals surface area (Å²) < 4.78 is 24.7. The molecular weight excluding hydrogens is 274 g/mol. The number of nitrogens with zero attached hydrogens (tertiary/aromatic N) is 3. The number of amides is 1. The highest BCUT2D eigenvalue weighted by atomic mass is 32.2. The summed E-state index contributed by atoms with van der Waals surface area (Å²) in [4.78, 5) is 13.4. The van der Waals surface area contributed by atoms with E-state index in [1.165, 1.54) is 16.1 Å². The van der Waals surface area contributed by atoms with Gasteiger partial charge >= 0.3 is 0 Å². The molecule has 0 atom stereocenters. The normalized spacial score (nSPS) is 17.4. The quantitative estimate of drug-likeness (QED) is 0.652. The average Bonchev–Trinajstić information content (AvgIpc) is 2.39. The lowest BCUT2D eigenvalue weighted by Crippen LogP contribution is -2.51. The molecule has 1 heterocycles. The zero-order valence-corrected chi connectivity index (χ0v) is 12.0. The molecule has 1 saturated heterocycles. The number of hydrogen-bond donors (Lipinski definition) is 0. The molecule has 0 aromatic heterocycles. The summed E-state index contributed by atoms with van der Waals surface area (Å²) in [6, 6.07) is 1.97. The second kappa shape index (κ2) is 6.97. The van der Waals surface area contributed by atoms with Gasteiger partial charge in [0.15, 0.2) is 0 Å². The fraction of sp³-hybridized carbons (Fsp3) is 0.800. The van der Waals surface area contributed by atoms with Crippen LogP contribution < -0.4 is 0 Å². The molecule has 1 aliphatic heterocycles. The van der Waals surface area contributed by atoms with Gasteiger partial charge in [0.05, 0.1) is 23.3 Å². The molecule has 6 nitrogen and oxygen atoms in total. The van der Waals surface area contributed by atoms with Crippen LogP contribution in [0.5, 0.6) is 0 Å². The number of nitriles is 1. The summed E-state index contributed by atoms with van der Waals surface area (Å²) in [5, 5.41) is 8.37. The zero-order chi connectivity index (χ0) is 13.6. The lowest BCUT2D eigenvalue weighted by atomic mass is 10.3. The summed E-state index contributed by atoms with van der Waals surface area (Å²) in [7, 11) is -3.14. The fourth-order valence-electron chi connectivity index (χ4n) is 1.67. The molecule has 1 amide bonds. The van der Waals surface area contributed by atoms with Gasteiger partial charge in [-0.15, -0.1) is 11.8 Å². The van der Waals surface area contributed by atoms with Gasteiger partial charge in [0, 0.05) is 26.2 Å². The van der Waals surface area contributed by atoms with E-state index in [1.807, 2.05) is 6.07 Å². The van der Waals surface area contributed by atoms with Gasteiger partial charge in [-0.05, 0) is 6.92 Å². The lowest BCUT2D eigenvalue weighted by molar-refractivity contribution is -0.129. The van der Waals surface area contributed by atoms with Crippen LogP contribution in [-0.2, 0) is 14.8 Å². The summed E-state index contributed by atoms with van der Waals surface area (Å²) >= 11 is 1.28. The van der Waals surface area contributed by atoms with E-state index in [9.17, 15) is 13.2 Å². The second-order valence-corrected chi connectivity index (χ2v) is 7.07. The van der Waals surface area contributed by atoms with Crippen LogP contribution in [0.4, 0.5) is 0 Å². The maximum absolute atomic E-state index is 11.7. The number of sulfonamides is 1. The summed E-state index contributed by atoms with van der Waals surface area (Å²) in [6.07, 6.45) is 0. The van der Waals surface area contributed by atoms with E-state index in [2.05, 4.69) is 0 Å². The third-order valence-corrected chi connectivity index (χ3v) is 5.41. The molecule has 102 valence electrons. The van der Waals surface area contributed by atoms with Gasteiger partial charge in [-0.3, -0.25) is 4.79 Å². The predicted octanol–water partition coefficient (Wildman–Crippen LogP) is -0.263. The molecule has 1 rings (SSSR count). The Labute approximate surface area is 112 Å². The molecule has 1 aliphatic rings. The first kappa shape index (κ1) is 15.3. The van der Waals surface area contributed by atoms with Crippen LogP contribution in [0.1, 0.15) is 6.92 Å². The van der Waals surface area contributed by atoms with Crippen molar-refractivity contribution in [3.63, 3.8) is 0 Å². The van der Waals surface area contributed by atoms with Gasteiger partial charge < -0.3 is 4.90 Å². The van der Waals surface area contributed by atoms with Crippen molar-refractivity contribution < 1.29 is 13.2 Å². The maximum atomic E-state index is 11.7. The van der Waals surface area contributed by atoms with Crippen LogP contribution in [-0.4, -0.2) is 67.0 Å². The number of carbonyl (C=O) groups excluding carboxylic acids is 1. The van der Waals surface area contributed by atoms with Gasteiger partial charge in [0.25, 0.3) is 0 Å². The minimum atomic E-state index is -3.14. The van der Waals surface area contributed by atoms with Crippen molar-refractivity contribution >= 4 is 27.7 Å². The Kier molecular flexibility index (Phi) is 5.91. The Hall–Kier alpha value is -0.780. The molecule has 0 unspecified atom stereocenters. The highest BCUT2D eigenvalue weighted by molar-refractivity contribution is 8.00. The largest absolute Gasteiger partial charge is 0.339 e. The van der Waals surface area contributed by atoms with Gasteiger partial charge in [-0.2, -0.15) is 9.57 Å². The maximum Gasteiger partial charge on any atom is 0.232 e. The van der Waals surface area contributed by atoms with Crippen LogP contribution in [0.2, 0.25) is 0 Å². The van der Waals surface area contributed by atoms with E-state index >= 15 is 0 Å². The number of carbonyl (C=O) groups is 1. The molecular formula is C10H17N3O3S2. The molecule has 8 heteroatoms. The smallest absolute Gasteiger partial charge is 0.232 e. The molecule has 0 saturated carbocycles. The van der Waals surface area contributed by atoms with Crippen LogP contribution >= 0.6 is 11.8 Å². The van der Waals surface area contributed by atoms with Crippen LogP contribution in [0.3, 0.4) is 0 Å². The number of thioether (sulfide) groups is 1. The Balaban J connectivity index is 2.40. The van der Waals surface area contributed by atoms with Crippen molar-refractivity contribution in [1.29, 1.82) is 5.26 Å². The predicted molar refractivity (Wildman–Crippen MR) is 70.6 cm³/mol. The van der Waals surface area contributed by atoms with Gasteiger partial charge in [-0.25, -0.2) is 8.42 Å². The topological polar surface area (TPSA) is 81.5 Å². The SMILES string of the molecule is CCS(=O)(=O)N1CCN(C(=O)CSCC#N)CC1. The Bertz CT molecular complexity index is 422. The van der Waals surface area contributed by atoms with Crippen LogP contribution in [0, 0.1) is 11.3 Å². The summed E-state index contributed by atoms with van der Waals surface area (Å²) in [5.74, 6) is 0.659. The Morgan fingerprint density at radius 3 is 2.44 bits per heavy atom. The Morgan fingerprint density at radius 2 is 1.94 bits per heavy atom. The van der Waals surface area contributed by atoms with Crippen molar-refractivity contribution in [3.05, 3.63) is 0 Å². The minimum absolute atomic E-state index is 0.0243. The average molecular weight is 291 g/mol. The van der Waals surface area contributed by atoms with E-state index in [1.54, 1.807) is 11.8 Å². The standard InChI is InChI=1S/C10H17N3O3S2/c1-2-18(15,16)13-6-4-12(5-7-13)10(14)9-17-8-3-11/h2,4-9H2,1H3. The van der Waals surface area contributed by atoms with Gasteiger partial charge in [0.2, 0.25) is 15.9 Å². The first-order valence-electron chi connectivity index (χ1n) is 5.71. The van der Waals surface area contributed by atoms with Gasteiger partial charge in [0.1, 0.15) is 0 Å². The van der Waals surface area contributed by atoms with Crippen LogP contribution in [0.15, 0.2) is 0 Å². The van der Waals surface area contributed by atoms with Crippen LogP contribution in [0.25, 0.3) is 0 Å². The second-order valence-electron chi connectivity index (χ2n) is 3.83. The molecule has 0 aliphatic carbocycles. The first-order chi connectivity index (χ1) is 8.51. The molecule has 0 aromatic carbocycles. The van der Waals surface area contributed by atoms with Crippen molar-refractivity contribution in [3.8, 4) is 6.07 Å². The van der Waals surface area contributed by atoms with E-state index in [4.69, 9.17) is 5.26 Å². The number of rotatable bonds is 5. The lowest BCUT2D eigenvalue weighted by Gasteiger charge is -2.33. The highest BCUT2D eigenvalue weighted by Crippen LogP contribution is 2.10. The van der Waals surface area contributed by atoms with E-state index in [-0.39, 0.29) is 17.4 Å². The zero-order valence-electron chi connectivity index (χ0n) is 10.3. The third kappa shape index (κ3) is 4.15. The van der Waals surface area contributed by atoms with E-state index in [0.29, 0.717) is 31.9 Å². The van der Waals surface area contributed by atoms with Crippen molar-refractivity contribution in [2.45, 2.75) is 6.92 Å². The van der Waals surface area contributed by atoms with Crippen molar-refractivity contribution in [1.82, 2.24) is 9.21 Å². The number of hydrogen-bond acceptors (Lipinski definition) is 5. The Morgan fingerprint density at radius 1 is 1.33 bits per heavy atom. The monoisotopic (exact) mass is 291 g/mol. The molecule has 1 fully saturated rings. The molecule has 0 aromatic rings. The van der Waals surface area contributed by atoms with Crippen molar-refractivity contribution in [2.24, 2.45) is 0 Å². The summed E-state index contributed by atoms with van der Waals surface area (Å²) in [5.41, 5.74) is 0. The minimum Gasteiger partial charge on any atom is -0.339 e. The molecule has 0 bridgehead atoms. The highest BCUT2D eigenvalue weighted by Gasteiger charge is 2.27. The van der Waals surface area contributed by atoms with Crippen molar-refractivity contribution in [2.75, 3.05) is 43.4 Å². The third-order valence-electron chi connectivity index (χ3n) is 2.74. The summed E-state index contributed by atoms with van der Waals surface area (Å²) in [6.45, 7) is 3.22. The first-order valence-corrected chi connectivity index (χ1v) is 8.48. The molecule has 0 N–H and O–H groups in total. The van der Waals surface area contributed by atoms with E-state index in [0.717, 1.165) is 0 Å². The number of piperazine rings is 1. The molecule has 0 radical (unpaired) electrons. The van der Waals surface area contributed by atoms with E-state index < -0.39 is 10.0 Å².